The Bertz CT molecular complexity index is 1520. The van der Waals surface area contributed by atoms with E-state index < -0.39 is 58.7 Å². The summed E-state index contributed by atoms with van der Waals surface area (Å²) in [5.41, 5.74) is -2.64. The van der Waals surface area contributed by atoms with Gasteiger partial charge in [-0.1, -0.05) is 42.5 Å². The number of benzene rings is 3. The van der Waals surface area contributed by atoms with Crippen LogP contribution in [0.1, 0.15) is 24.5 Å². The first-order valence-electron chi connectivity index (χ1n) is 11.7. The number of imidazole rings is 1. The number of carbonyl (C=O) groups is 2. The van der Waals surface area contributed by atoms with Crippen LogP contribution in [0.3, 0.4) is 0 Å². The number of hydrogen-bond donors (Lipinski definition) is 0. The summed E-state index contributed by atoms with van der Waals surface area (Å²) >= 11 is 0. The maximum Gasteiger partial charge on any atom is 0.328 e. The molecule has 0 saturated carbocycles. The predicted octanol–water partition coefficient (Wildman–Crippen LogP) is 5.50. The number of rotatable bonds is 7. The number of hydrogen-bond acceptors (Lipinski definition) is 3. The number of fused-ring (bicyclic) bond motifs is 1. The summed E-state index contributed by atoms with van der Waals surface area (Å²) in [5, 5.41) is 1.34. The Morgan fingerprint density at radius 3 is 2.18 bits per heavy atom. The molecule has 0 aliphatic carbocycles. The van der Waals surface area contributed by atoms with Gasteiger partial charge in [-0.3, -0.25) is 9.69 Å². The fraction of sp³-hybridized carbons (Fsp3) is 0.222. The predicted molar refractivity (Wildman–Crippen MR) is 127 cm³/mol. The Labute approximate surface area is 213 Å². The lowest BCUT2D eigenvalue weighted by Crippen LogP contribution is -2.44. The monoisotopic (exact) mass is 528 g/mol. The largest absolute Gasteiger partial charge is 0.337 e. The van der Waals surface area contributed by atoms with Gasteiger partial charge >= 0.3 is 6.03 Å². The van der Waals surface area contributed by atoms with Crippen LogP contribution in [0.25, 0.3) is 10.8 Å². The summed E-state index contributed by atoms with van der Waals surface area (Å²) in [6, 6.07) is 11.2. The highest BCUT2D eigenvalue weighted by molar-refractivity contribution is 6.09. The third kappa shape index (κ3) is 3.89. The van der Waals surface area contributed by atoms with E-state index in [0.29, 0.717) is 23.9 Å². The van der Waals surface area contributed by atoms with Crippen molar-refractivity contribution in [3.05, 3.63) is 101 Å². The second kappa shape index (κ2) is 9.55. The van der Waals surface area contributed by atoms with Crippen LogP contribution in [-0.4, -0.2) is 37.8 Å². The molecule has 1 unspecified atom stereocenters. The van der Waals surface area contributed by atoms with Crippen LogP contribution >= 0.6 is 0 Å². The fourth-order valence-electron chi connectivity index (χ4n) is 4.91. The van der Waals surface area contributed by atoms with Crippen molar-refractivity contribution in [2.24, 2.45) is 0 Å². The van der Waals surface area contributed by atoms with Crippen molar-refractivity contribution in [3.8, 4) is 0 Å². The molecule has 3 aromatic carbocycles. The van der Waals surface area contributed by atoms with Gasteiger partial charge in [0.05, 0.1) is 12.9 Å². The van der Waals surface area contributed by atoms with Crippen molar-refractivity contribution < 1.29 is 31.5 Å². The zero-order chi connectivity index (χ0) is 27.2. The molecule has 0 bridgehead atoms. The molecule has 38 heavy (non-hydrogen) atoms. The number of aromatic nitrogens is 2. The van der Waals surface area contributed by atoms with Gasteiger partial charge in [0.25, 0.3) is 5.91 Å². The van der Waals surface area contributed by atoms with Crippen molar-refractivity contribution in [3.63, 3.8) is 0 Å². The van der Waals surface area contributed by atoms with Crippen molar-refractivity contribution in [2.45, 2.75) is 32.0 Å². The summed E-state index contributed by atoms with van der Waals surface area (Å²) < 4.78 is 72.8. The molecular formula is C27H21F5N4O2. The van der Waals surface area contributed by atoms with Crippen LogP contribution in [0, 0.1) is 29.1 Å². The van der Waals surface area contributed by atoms with Crippen LogP contribution in [0.2, 0.25) is 0 Å². The van der Waals surface area contributed by atoms with E-state index in [4.69, 9.17) is 0 Å². The average molecular weight is 528 g/mol. The van der Waals surface area contributed by atoms with Crippen LogP contribution in [-0.2, 0) is 23.4 Å². The van der Waals surface area contributed by atoms with Gasteiger partial charge in [0, 0.05) is 31.0 Å². The number of imide groups is 1. The Kier molecular flexibility index (Phi) is 6.38. The lowest BCUT2D eigenvalue weighted by Gasteiger charge is -2.33. The van der Waals surface area contributed by atoms with E-state index in [9.17, 15) is 31.5 Å². The van der Waals surface area contributed by atoms with E-state index in [0.717, 1.165) is 15.2 Å². The third-order valence-corrected chi connectivity index (χ3v) is 6.95. The lowest BCUT2D eigenvalue weighted by molar-refractivity contribution is -0.133. The highest BCUT2D eigenvalue weighted by Crippen LogP contribution is 2.42. The molecule has 0 N–H and O–H groups in total. The Morgan fingerprint density at radius 1 is 0.842 bits per heavy atom. The molecular weight excluding hydrogens is 507 g/mol. The summed E-state index contributed by atoms with van der Waals surface area (Å²) in [5.74, 6) is -11.3. The van der Waals surface area contributed by atoms with Gasteiger partial charge in [-0.2, -0.15) is 0 Å². The van der Waals surface area contributed by atoms with Gasteiger partial charge in [-0.15, -0.1) is 0 Å². The highest BCUT2D eigenvalue weighted by atomic mass is 19.2. The molecule has 4 aromatic rings. The maximum atomic E-state index is 14.7. The minimum Gasteiger partial charge on any atom is -0.337 e. The summed E-state index contributed by atoms with van der Waals surface area (Å²) in [7, 11) is 0. The van der Waals surface area contributed by atoms with E-state index >= 15 is 0 Å². The molecule has 1 atom stereocenters. The summed E-state index contributed by atoms with van der Waals surface area (Å²) in [6.07, 6.45) is 5.21. The van der Waals surface area contributed by atoms with Gasteiger partial charge in [-0.05, 0) is 29.7 Å². The van der Waals surface area contributed by atoms with E-state index in [2.05, 4.69) is 4.98 Å². The first kappa shape index (κ1) is 25.4. The van der Waals surface area contributed by atoms with Gasteiger partial charge in [0.15, 0.2) is 23.3 Å². The molecule has 6 nitrogen and oxygen atoms in total. The summed E-state index contributed by atoms with van der Waals surface area (Å²) in [4.78, 5) is 33.2. The van der Waals surface area contributed by atoms with Crippen LogP contribution in [0.15, 0.2) is 61.2 Å². The molecule has 0 spiro atoms. The van der Waals surface area contributed by atoms with Crippen molar-refractivity contribution in [1.29, 1.82) is 0 Å². The molecule has 196 valence electrons. The normalized spacial score (nSPS) is 17.7. The quantitative estimate of drug-likeness (QED) is 0.138. The zero-order valence-electron chi connectivity index (χ0n) is 20.1. The van der Waals surface area contributed by atoms with E-state index in [1.165, 1.54) is 6.92 Å². The number of carbonyl (C=O) groups excluding carboxylic acids is 2. The molecule has 3 amide bonds. The standard InChI is InChI=1S/C27H21F5N4O2/c1-27(19-9-4-7-16-6-2-3-8-17(16)19)25(37)35(12-5-11-34-13-10-33-15-34)26(38)36(27)14-18-20(28)22(30)24(32)23(31)21(18)29/h2-4,6-10,13,15H,5,11-12,14H2,1H3. The van der Waals surface area contributed by atoms with Crippen LogP contribution in [0.5, 0.6) is 0 Å². The van der Waals surface area contributed by atoms with Crippen molar-refractivity contribution >= 4 is 22.7 Å². The number of amides is 3. The molecule has 1 aliphatic rings. The number of urea groups is 1. The van der Waals surface area contributed by atoms with E-state index in [1.807, 2.05) is 0 Å². The topological polar surface area (TPSA) is 58.4 Å². The minimum atomic E-state index is -2.30. The lowest BCUT2D eigenvalue weighted by atomic mass is 9.86. The molecule has 11 heteroatoms. The van der Waals surface area contributed by atoms with Crippen molar-refractivity contribution in [1.82, 2.24) is 19.4 Å². The van der Waals surface area contributed by atoms with E-state index in [-0.39, 0.29) is 6.54 Å². The van der Waals surface area contributed by atoms with Gasteiger partial charge in [0.2, 0.25) is 5.82 Å². The molecule has 2 heterocycles. The van der Waals surface area contributed by atoms with Crippen LogP contribution < -0.4 is 0 Å². The second-order valence-corrected chi connectivity index (χ2v) is 9.13. The van der Waals surface area contributed by atoms with E-state index in [1.54, 1.807) is 65.8 Å². The molecule has 0 radical (unpaired) electrons. The average Bonchev–Trinajstić information content (AvgIpc) is 3.51. The third-order valence-electron chi connectivity index (χ3n) is 6.95. The first-order chi connectivity index (χ1) is 18.2. The number of halogens is 5. The molecule has 1 aliphatic heterocycles. The number of aryl methyl sites for hydroxylation is 1. The summed E-state index contributed by atoms with van der Waals surface area (Å²) in [6.45, 7) is 0.786. The molecule has 1 aromatic heterocycles. The smallest absolute Gasteiger partial charge is 0.328 e. The zero-order valence-corrected chi connectivity index (χ0v) is 20.1. The number of nitrogens with zero attached hydrogens (tertiary/aromatic N) is 4. The van der Waals surface area contributed by atoms with Gasteiger partial charge in [0.1, 0.15) is 5.54 Å². The highest BCUT2D eigenvalue weighted by Gasteiger charge is 2.56. The Hall–Kier alpha value is -4.28. The molecule has 5 rings (SSSR count). The maximum absolute atomic E-state index is 14.7. The Morgan fingerprint density at radius 2 is 1.50 bits per heavy atom. The molecule has 1 fully saturated rings. The van der Waals surface area contributed by atoms with Gasteiger partial charge < -0.3 is 9.47 Å². The van der Waals surface area contributed by atoms with Crippen LogP contribution in [0.4, 0.5) is 26.7 Å². The first-order valence-corrected chi connectivity index (χ1v) is 11.7. The minimum absolute atomic E-state index is 0.0379. The van der Waals surface area contributed by atoms with Crippen molar-refractivity contribution in [2.75, 3.05) is 6.54 Å². The van der Waals surface area contributed by atoms with Gasteiger partial charge in [-0.25, -0.2) is 31.7 Å². The Balaban J connectivity index is 1.61. The fourth-order valence-corrected chi connectivity index (χ4v) is 4.91. The SMILES string of the molecule is CC1(c2cccc3ccccc23)C(=O)N(CCCn2ccnc2)C(=O)N1Cc1c(F)c(F)c(F)c(F)c1F. The molecule has 1 saturated heterocycles. The second-order valence-electron chi connectivity index (χ2n) is 9.13.